The molecule has 19 heavy (non-hydrogen) atoms. The molecule has 1 saturated carbocycles. The second-order valence-corrected chi connectivity index (χ2v) is 6.36. The van der Waals surface area contributed by atoms with Gasteiger partial charge in [-0.1, -0.05) is 51.0 Å². The van der Waals surface area contributed by atoms with E-state index in [0.29, 0.717) is 5.92 Å². The maximum absolute atomic E-state index is 3.32. The summed E-state index contributed by atoms with van der Waals surface area (Å²) in [6.07, 6.45) is 7.01. The van der Waals surface area contributed by atoms with Crippen molar-refractivity contribution in [2.45, 2.75) is 57.8 Å². The van der Waals surface area contributed by atoms with Gasteiger partial charge in [-0.25, -0.2) is 0 Å². The zero-order valence-corrected chi connectivity index (χ0v) is 12.8. The summed E-state index contributed by atoms with van der Waals surface area (Å²) in [7, 11) is 2.06. The Labute approximate surface area is 118 Å². The molecule has 1 aliphatic carbocycles. The van der Waals surface area contributed by atoms with Gasteiger partial charge in [-0.15, -0.1) is 0 Å². The fraction of sp³-hybridized carbons (Fsp3) is 0.667. The third-order valence-electron chi connectivity index (χ3n) is 4.71. The minimum Gasteiger partial charge on any atom is -0.320 e. The molecule has 1 heteroatoms. The largest absolute Gasteiger partial charge is 0.320 e. The van der Waals surface area contributed by atoms with Crippen LogP contribution in [0.1, 0.15) is 68.9 Å². The number of rotatable bonds is 6. The van der Waals surface area contributed by atoms with E-state index in [-0.39, 0.29) is 0 Å². The first kappa shape index (κ1) is 14.6. The van der Waals surface area contributed by atoms with E-state index in [1.165, 1.54) is 37.7 Å². The molecule has 1 aromatic carbocycles. The second kappa shape index (κ2) is 7.09. The van der Waals surface area contributed by atoms with E-state index in [1.807, 2.05) is 0 Å². The third-order valence-corrected chi connectivity index (χ3v) is 4.71. The van der Waals surface area contributed by atoms with Gasteiger partial charge in [0, 0.05) is 0 Å². The Balaban J connectivity index is 2.11. The maximum Gasteiger partial charge on any atom is -0.00460 e. The molecule has 106 valence electrons. The molecule has 0 heterocycles. The molecular weight excluding hydrogens is 230 g/mol. The van der Waals surface area contributed by atoms with Crippen LogP contribution in [0.4, 0.5) is 0 Å². The van der Waals surface area contributed by atoms with Gasteiger partial charge in [-0.3, -0.25) is 0 Å². The summed E-state index contributed by atoms with van der Waals surface area (Å²) in [6.45, 7) is 5.67. The number of hydrogen-bond acceptors (Lipinski definition) is 1. The highest BCUT2D eigenvalue weighted by molar-refractivity contribution is 5.27. The Morgan fingerprint density at radius 2 is 1.63 bits per heavy atom. The van der Waals surface area contributed by atoms with Crippen molar-refractivity contribution in [2.24, 2.45) is 5.92 Å². The Morgan fingerprint density at radius 3 is 2.16 bits per heavy atom. The summed E-state index contributed by atoms with van der Waals surface area (Å²) < 4.78 is 0. The second-order valence-electron chi connectivity index (χ2n) is 6.36. The molecule has 1 atom stereocenters. The average molecular weight is 259 g/mol. The molecule has 0 aromatic heterocycles. The topological polar surface area (TPSA) is 12.0 Å². The zero-order valence-electron chi connectivity index (χ0n) is 12.8. The summed E-state index contributed by atoms with van der Waals surface area (Å²) in [5.41, 5.74) is 3.02. The van der Waals surface area contributed by atoms with Crippen LogP contribution in [-0.2, 0) is 0 Å². The minimum atomic E-state index is 0.635. The van der Waals surface area contributed by atoms with Crippen molar-refractivity contribution in [1.82, 2.24) is 5.32 Å². The lowest BCUT2D eigenvalue weighted by Crippen LogP contribution is -2.17. The van der Waals surface area contributed by atoms with Crippen molar-refractivity contribution in [3.05, 3.63) is 35.4 Å². The fourth-order valence-electron chi connectivity index (χ4n) is 3.46. The monoisotopic (exact) mass is 259 g/mol. The average Bonchev–Trinajstić information content (AvgIpc) is 2.94. The summed E-state index contributed by atoms with van der Waals surface area (Å²) in [4.78, 5) is 0. The lowest BCUT2D eigenvalue weighted by atomic mass is 9.82. The zero-order chi connectivity index (χ0) is 13.7. The van der Waals surface area contributed by atoms with Gasteiger partial charge in [-0.05, 0) is 61.7 Å². The van der Waals surface area contributed by atoms with Crippen molar-refractivity contribution in [2.75, 3.05) is 13.6 Å². The number of benzene rings is 1. The summed E-state index contributed by atoms with van der Waals surface area (Å²) in [5.74, 6) is 2.31. The van der Waals surface area contributed by atoms with E-state index in [2.05, 4.69) is 50.5 Å². The molecule has 0 bridgehead atoms. The van der Waals surface area contributed by atoms with E-state index in [4.69, 9.17) is 0 Å². The summed E-state index contributed by atoms with van der Waals surface area (Å²) >= 11 is 0. The Morgan fingerprint density at radius 1 is 1.05 bits per heavy atom. The number of hydrogen-bond donors (Lipinski definition) is 1. The first-order valence-electron chi connectivity index (χ1n) is 7.97. The van der Waals surface area contributed by atoms with Gasteiger partial charge in [0.25, 0.3) is 0 Å². The summed E-state index contributed by atoms with van der Waals surface area (Å²) in [6, 6.07) is 9.44. The first-order chi connectivity index (χ1) is 9.22. The highest BCUT2D eigenvalue weighted by Crippen LogP contribution is 2.39. The smallest absolute Gasteiger partial charge is 0.00460 e. The van der Waals surface area contributed by atoms with Gasteiger partial charge in [-0.2, -0.15) is 0 Å². The van der Waals surface area contributed by atoms with Crippen LogP contribution >= 0.6 is 0 Å². The molecule has 1 aliphatic rings. The standard InChI is InChI=1S/C18H29N/c1-14(2)15-8-10-17(11-9-15)18(12-13-19-3)16-6-4-5-7-16/h8-11,14,16,18-19H,4-7,12-13H2,1-3H3. The van der Waals surface area contributed by atoms with Gasteiger partial charge in [0.2, 0.25) is 0 Å². The Kier molecular flexibility index (Phi) is 5.45. The predicted octanol–water partition coefficient (Wildman–Crippen LogP) is 4.69. The van der Waals surface area contributed by atoms with Gasteiger partial charge in [0.1, 0.15) is 0 Å². The van der Waals surface area contributed by atoms with Crippen molar-refractivity contribution in [1.29, 1.82) is 0 Å². The molecular formula is C18H29N. The van der Waals surface area contributed by atoms with Gasteiger partial charge >= 0.3 is 0 Å². The first-order valence-corrected chi connectivity index (χ1v) is 7.97. The van der Waals surface area contributed by atoms with E-state index in [9.17, 15) is 0 Å². The molecule has 1 N–H and O–H groups in total. The molecule has 0 radical (unpaired) electrons. The molecule has 0 saturated heterocycles. The molecule has 0 spiro atoms. The lowest BCUT2D eigenvalue weighted by molar-refractivity contribution is 0.407. The summed E-state index contributed by atoms with van der Waals surface area (Å²) in [5, 5.41) is 3.32. The van der Waals surface area contributed by atoms with Gasteiger partial charge < -0.3 is 5.32 Å². The van der Waals surface area contributed by atoms with Crippen LogP contribution in [0.15, 0.2) is 24.3 Å². The van der Waals surface area contributed by atoms with Gasteiger partial charge in [0.15, 0.2) is 0 Å². The van der Waals surface area contributed by atoms with Crippen molar-refractivity contribution >= 4 is 0 Å². The fourth-order valence-corrected chi connectivity index (χ4v) is 3.46. The Bertz CT molecular complexity index is 360. The van der Waals surface area contributed by atoms with Crippen molar-refractivity contribution in [3.8, 4) is 0 Å². The molecule has 1 aromatic rings. The van der Waals surface area contributed by atoms with Crippen LogP contribution in [0.25, 0.3) is 0 Å². The van der Waals surface area contributed by atoms with Crippen LogP contribution in [0.2, 0.25) is 0 Å². The highest BCUT2D eigenvalue weighted by atomic mass is 14.8. The Hall–Kier alpha value is -0.820. The number of nitrogens with one attached hydrogen (secondary N) is 1. The molecule has 1 unspecified atom stereocenters. The van der Waals surface area contributed by atoms with Crippen molar-refractivity contribution in [3.63, 3.8) is 0 Å². The quantitative estimate of drug-likeness (QED) is 0.781. The molecule has 1 fully saturated rings. The molecule has 0 aliphatic heterocycles. The minimum absolute atomic E-state index is 0.635. The molecule has 2 rings (SSSR count). The SMILES string of the molecule is CNCCC(c1ccc(C(C)C)cc1)C1CCCC1. The van der Waals surface area contributed by atoms with Crippen molar-refractivity contribution < 1.29 is 0 Å². The highest BCUT2D eigenvalue weighted by Gasteiger charge is 2.25. The van der Waals surface area contributed by atoms with E-state index >= 15 is 0 Å². The molecule has 1 nitrogen and oxygen atoms in total. The van der Waals surface area contributed by atoms with Crippen LogP contribution in [0.5, 0.6) is 0 Å². The van der Waals surface area contributed by atoms with Crippen LogP contribution in [-0.4, -0.2) is 13.6 Å². The predicted molar refractivity (Wildman–Crippen MR) is 83.8 cm³/mol. The van der Waals surface area contributed by atoms with E-state index < -0.39 is 0 Å². The molecule has 0 amide bonds. The van der Waals surface area contributed by atoms with Crippen LogP contribution in [0.3, 0.4) is 0 Å². The van der Waals surface area contributed by atoms with E-state index in [0.717, 1.165) is 18.4 Å². The third kappa shape index (κ3) is 3.82. The normalized spacial score (nSPS) is 18.1. The maximum atomic E-state index is 3.32. The van der Waals surface area contributed by atoms with Gasteiger partial charge in [0.05, 0.1) is 0 Å². The van der Waals surface area contributed by atoms with Crippen LogP contribution < -0.4 is 5.32 Å². The lowest BCUT2D eigenvalue weighted by Gasteiger charge is -2.24. The van der Waals surface area contributed by atoms with E-state index in [1.54, 1.807) is 5.56 Å². The van der Waals surface area contributed by atoms with Crippen LogP contribution in [0, 0.1) is 5.92 Å².